The number of hydrogen-bond acceptors (Lipinski definition) is 1. The zero-order valence-electron chi connectivity index (χ0n) is 9.78. The van der Waals surface area contributed by atoms with E-state index in [-0.39, 0.29) is 0 Å². The second kappa shape index (κ2) is 2.20. The topological polar surface area (TPSA) is 12.0 Å². The molecule has 0 amide bonds. The van der Waals surface area contributed by atoms with Crippen molar-refractivity contribution in [3.05, 3.63) is 11.3 Å². The van der Waals surface area contributed by atoms with E-state index in [0.717, 1.165) is 5.92 Å². The lowest BCUT2D eigenvalue weighted by molar-refractivity contribution is 0.159. The lowest BCUT2D eigenvalue weighted by atomic mass is 9.66. The average Bonchev–Trinajstić information content (AvgIpc) is 2.59. The third-order valence-electron chi connectivity index (χ3n) is 5.48. The molecule has 0 radical (unpaired) electrons. The summed E-state index contributed by atoms with van der Waals surface area (Å²) in [5.41, 5.74) is 4.41. The van der Waals surface area contributed by atoms with Crippen LogP contribution >= 0.6 is 0 Å². The van der Waals surface area contributed by atoms with Crippen LogP contribution in [-0.4, -0.2) is 6.04 Å². The van der Waals surface area contributed by atoms with Crippen molar-refractivity contribution in [2.75, 3.05) is 0 Å². The molecule has 1 fully saturated rings. The summed E-state index contributed by atoms with van der Waals surface area (Å²) in [4.78, 5) is 0. The highest BCUT2D eigenvalue weighted by molar-refractivity contribution is 5.41. The summed E-state index contributed by atoms with van der Waals surface area (Å²) in [6.07, 6.45) is 4.12. The van der Waals surface area contributed by atoms with Crippen molar-refractivity contribution in [1.82, 2.24) is 5.32 Å². The van der Waals surface area contributed by atoms with Crippen molar-refractivity contribution in [1.29, 1.82) is 0 Å². The Morgan fingerprint density at radius 1 is 1.29 bits per heavy atom. The minimum absolute atomic E-state index is 0.505. The van der Waals surface area contributed by atoms with Crippen LogP contribution in [-0.2, 0) is 0 Å². The van der Waals surface area contributed by atoms with Crippen LogP contribution in [0.25, 0.3) is 0 Å². The Morgan fingerprint density at radius 3 is 2.64 bits per heavy atom. The Labute approximate surface area is 87.0 Å². The van der Waals surface area contributed by atoms with E-state index in [9.17, 15) is 0 Å². The first-order chi connectivity index (χ1) is 6.47. The molecule has 0 aromatic rings. The summed E-state index contributed by atoms with van der Waals surface area (Å²) in [5.74, 6) is 0.826. The summed E-state index contributed by atoms with van der Waals surface area (Å²) >= 11 is 0. The summed E-state index contributed by atoms with van der Waals surface area (Å²) in [6.45, 7) is 9.74. The molecule has 0 aromatic heterocycles. The fourth-order valence-electron chi connectivity index (χ4n) is 4.20. The maximum atomic E-state index is 3.71. The number of hydrogen-bond donors (Lipinski definition) is 1. The quantitative estimate of drug-likeness (QED) is 0.620. The van der Waals surface area contributed by atoms with Gasteiger partial charge in [0.2, 0.25) is 0 Å². The van der Waals surface area contributed by atoms with E-state index in [1.54, 1.807) is 11.3 Å². The van der Waals surface area contributed by atoms with Gasteiger partial charge in [0.25, 0.3) is 0 Å². The Kier molecular flexibility index (Phi) is 1.39. The van der Waals surface area contributed by atoms with Gasteiger partial charge < -0.3 is 5.32 Å². The molecule has 2 bridgehead atoms. The molecule has 1 N–H and O–H groups in total. The van der Waals surface area contributed by atoms with Gasteiger partial charge in [0.15, 0.2) is 0 Å². The third-order valence-corrected chi connectivity index (χ3v) is 5.48. The largest absolute Gasteiger partial charge is 0.385 e. The van der Waals surface area contributed by atoms with Crippen LogP contribution in [0, 0.1) is 16.7 Å². The summed E-state index contributed by atoms with van der Waals surface area (Å²) in [6, 6.07) is 0.691. The first-order valence-electron chi connectivity index (χ1n) is 5.97. The molecular weight excluding hydrogens is 170 g/mol. The molecule has 3 atom stereocenters. The summed E-state index contributed by atoms with van der Waals surface area (Å²) in [7, 11) is 0. The van der Waals surface area contributed by atoms with E-state index < -0.39 is 0 Å². The maximum absolute atomic E-state index is 3.71. The molecule has 14 heavy (non-hydrogen) atoms. The third kappa shape index (κ3) is 0.708. The van der Waals surface area contributed by atoms with Gasteiger partial charge in [-0.3, -0.25) is 0 Å². The molecule has 1 nitrogen and oxygen atoms in total. The van der Waals surface area contributed by atoms with E-state index in [1.807, 2.05) is 0 Å². The smallest absolute Gasteiger partial charge is 0.0268 e. The Balaban J connectivity index is 2.10. The zero-order valence-corrected chi connectivity index (χ0v) is 9.78. The molecule has 0 aromatic carbocycles. The van der Waals surface area contributed by atoms with Gasteiger partial charge in [0, 0.05) is 17.7 Å². The van der Waals surface area contributed by atoms with Crippen molar-refractivity contribution in [2.45, 2.75) is 53.0 Å². The Hall–Kier alpha value is -0.460. The molecule has 0 spiro atoms. The minimum Gasteiger partial charge on any atom is -0.385 e. The van der Waals surface area contributed by atoms with Crippen LogP contribution in [0.15, 0.2) is 11.3 Å². The van der Waals surface area contributed by atoms with E-state index in [4.69, 9.17) is 0 Å². The van der Waals surface area contributed by atoms with E-state index >= 15 is 0 Å². The number of rotatable bonds is 0. The predicted octanol–water partition coefficient (Wildman–Crippen LogP) is 3.08. The van der Waals surface area contributed by atoms with Crippen molar-refractivity contribution in [3.8, 4) is 0 Å². The molecule has 1 aliphatic heterocycles. The monoisotopic (exact) mass is 191 g/mol. The van der Waals surface area contributed by atoms with Crippen LogP contribution in [0.2, 0.25) is 0 Å². The van der Waals surface area contributed by atoms with Crippen LogP contribution in [0.1, 0.15) is 47.0 Å². The highest BCUT2D eigenvalue weighted by Crippen LogP contribution is 2.69. The van der Waals surface area contributed by atoms with Crippen LogP contribution in [0.3, 0.4) is 0 Å². The Morgan fingerprint density at radius 2 is 2.00 bits per heavy atom. The first kappa shape index (κ1) is 8.82. The van der Waals surface area contributed by atoms with Gasteiger partial charge in [0.05, 0.1) is 0 Å². The van der Waals surface area contributed by atoms with Crippen molar-refractivity contribution < 1.29 is 0 Å². The van der Waals surface area contributed by atoms with E-state index in [1.165, 1.54) is 19.3 Å². The standard InChI is InChI=1S/C13H21N/c1-8-7-10-11(14-8)9-5-6-13(10,4)12(9,2)3/h8-9,14H,5-7H2,1-4H3. The fourth-order valence-corrected chi connectivity index (χ4v) is 4.20. The molecule has 3 aliphatic rings. The van der Waals surface area contributed by atoms with Gasteiger partial charge in [-0.05, 0) is 42.6 Å². The van der Waals surface area contributed by atoms with Crippen LogP contribution in [0.5, 0.6) is 0 Å². The van der Waals surface area contributed by atoms with Crippen molar-refractivity contribution in [2.24, 2.45) is 16.7 Å². The zero-order chi connectivity index (χ0) is 10.1. The van der Waals surface area contributed by atoms with Crippen molar-refractivity contribution >= 4 is 0 Å². The summed E-state index contributed by atoms with van der Waals surface area (Å²) in [5, 5.41) is 3.71. The SMILES string of the molecule is CC1CC2=C(N1)C1CCC2(C)C1(C)C. The van der Waals surface area contributed by atoms with Gasteiger partial charge in [-0.2, -0.15) is 0 Å². The van der Waals surface area contributed by atoms with Gasteiger partial charge in [-0.1, -0.05) is 20.8 Å². The number of fused-ring (bicyclic) bond motifs is 4. The second-order valence-corrected chi connectivity index (χ2v) is 6.29. The van der Waals surface area contributed by atoms with Crippen LogP contribution in [0.4, 0.5) is 0 Å². The van der Waals surface area contributed by atoms with Gasteiger partial charge in [-0.15, -0.1) is 0 Å². The average molecular weight is 191 g/mol. The lowest BCUT2D eigenvalue weighted by Crippen LogP contribution is -2.33. The molecule has 3 unspecified atom stereocenters. The molecule has 1 saturated carbocycles. The second-order valence-electron chi connectivity index (χ2n) is 6.29. The van der Waals surface area contributed by atoms with Gasteiger partial charge in [-0.25, -0.2) is 0 Å². The minimum atomic E-state index is 0.505. The highest BCUT2D eigenvalue weighted by atomic mass is 15.0. The molecular formula is C13H21N. The molecule has 2 aliphatic carbocycles. The first-order valence-corrected chi connectivity index (χ1v) is 5.97. The Bertz CT molecular complexity index is 326. The van der Waals surface area contributed by atoms with Crippen molar-refractivity contribution in [3.63, 3.8) is 0 Å². The normalized spacial score (nSPS) is 48.3. The van der Waals surface area contributed by atoms with Crippen LogP contribution < -0.4 is 5.32 Å². The number of nitrogens with one attached hydrogen (secondary N) is 1. The molecule has 3 rings (SSSR count). The van der Waals surface area contributed by atoms with Gasteiger partial charge in [0.1, 0.15) is 0 Å². The van der Waals surface area contributed by atoms with Gasteiger partial charge >= 0.3 is 0 Å². The number of allylic oxidation sites excluding steroid dienone is 1. The molecule has 0 saturated heterocycles. The molecule has 1 heterocycles. The summed E-state index contributed by atoms with van der Waals surface area (Å²) < 4.78 is 0. The highest BCUT2D eigenvalue weighted by Gasteiger charge is 2.61. The van der Waals surface area contributed by atoms with E-state index in [0.29, 0.717) is 16.9 Å². The molecule has 78 valence electrons. The lowest BCUT2D eigenvalue weighted by Gasteiger charge is -2.38. The maximum Gasteiger partial charge on any atom is 0.0268 e. The predicted molar refractivity (Wildman–Crippen MR) is 58.9 cm³/mol. The van der Waals surface area contributed by atoms with E-state index in [2.05, 4.69) is 33.0 Å². The molecule has 1 heteroatoms. The fraction of sp³-hybridized carbons (Fsp3) is 0.846.